The molecule has 2 nitrogen and oxygen atoms in total. The van der Waals surface area contributed by atoms with Gasteiger partial charge in [-0.05, 0) is 25.0 Å². The summed E-state index contributed by atoms with van der Waals surface area (Å²) >= 11 is 0. The molecule has 0 aliphatic heterocycles. The molecule has 1 rings (SSSR count). The van der Waals surface area contributed by atoms with Gasteiger partial charge in [-0.2, -0.15) is 0 Å². The van der Waals surface area contributed by atoms with E-state index in [0.717, 1.165) is 12.5 Å². The average Bonchev–Trinajstić information content (AvgIpc) is 2.23. The summed E-state index contributed by atoms with van der Waals surface area (Å²) < 4.78 is 31.7. The van der Waals surface area contributed by atoms with E-state index in [1.807, 2.05) is 6.92 Å². The van der Waals surface area contributed by atoms with Crippen molar-refractivity contribution >= 4 is 0 Å². The first kappa shape index (κ1) is 13.1. The van der Waals surface area contributed by atoms with Crippen molar-refractivity contribution in [3.05, 3.63) is 34.9 Å². The number of ether oxygens (including phenoxy) is 1. The molecule has 0 aromatic heterocycles. The standard InChI is InChI=1S/C12H17F2NO/c1-3-4-16-7-12(15)9-5-8(2)10(13)6-11(9)14/h5-6,12H,3-4,7,15H2,1-2H3. The highest BCUT2D eigenvalue weighted by Crippen LogP contribution is 2.19. The van der Waals surface area contributed by atoms with Crippen molar-refractivity contribution < 1.29 is 13.5 Å². The van der Waals surface area contributed by atoms with Crippen molar-refractivity contribution in [1.29, 1.82) is 0 Å². The molecule has 1 atom stereocenters. The van der Waals surface area contributed by atoms with E-state index in [4.69, 9.17) is 10.5 Å². The van der Waals surface area contributed by atoms with E-state index in [-0.39, 0.29) is 6.61 Å². The minimum absolute atomic E-state index is 0.246. The van der Waals surface area contributed by atoms with Gasteiger partial charge in [-0.25, -0.2) is 8.78 Å². The summed E-state index contributed by atoms with van der Waals surface area (Å²) in [5, 5.41) is 0. The maximum Gasteiger partial charge on any atom is 0.130 e. The zero-order valence-electron chi connectivity index (χ0n) is 9.59. The summed E-state index contributed by atoms with van der Waals surface area (Å²) in [6.45, 7) is 4.40. The molecule has 1 aromatic carbocycles. The molecule has 1 unspecified atom stereocenters. The minimum atomic E-state index is -0.615. The second-order valence-corrected chi connectivity index (χ2v) is 3.80. The van der Waals surface area contributed by atoms with Crippen LogP contribution < -0.4 is 5.73 Å². The van der Waals surface area contributed by atoms with E-state index in [0.29, 0.717) is 17.7 Å². The number of rotatable bonds is 5. The van der Waals surface area contributed by atoms with Gasteiger partial charge in [0.1, 0.15) is 11.6 Å². The molecule has 0 bridgehead atoms. The third-order valence-corrected chi connectivity index (χ3v) is 2.32. The monoisotopic (exact) mass is 229 g/mol. The maximum absolute atomic E-state index is 13.4. The van der Waals surface area contributed by atoms with Crippen LogP contribution in [-0.2, 0) is 4.74 Å². The van der Waals surface area contributed by atoms with Crippen molar-refractivity contribution in [2.75, 3.05) is 13.2 Å². The Morgan fingerprint density at radius 3 is 2.62 bits per heavy atom. The molecule has 0 radical (unpaired) electrons. The summed E-state index contributed by atoms with van der Waals surface area (Å²) in [7, 11) is 0. The second-order valence-electron chi connectivity index (χ2n) is 3.80. The molecule has 0 aliphatic rings. The molecule has 90 valence electrons. The Hall–Kier alpha value is -1.00. The Bertz CT molecular complexity index is 355. The van der Waals surface area contributed by atoms with E-state index >= 15 is 0 Å². The predicted molar refractivity (Wildman–Crippen MR) is 59.1 cm³/mol. The molecule has 0 fully saturated rings. The van der Waals surface area contributed by atoms with Crippen LogP contribution in [0, 0.1) is 18.6 Å². The third kappa shape index (κ3) is 3.25. The molecule has 0 spiro atoms. The summed E-state index contributed by atoms with van der Waals surface area (Å²) in [5.74, 6) is -1.17. The lowest BCUT2D eigenvalue weighted by Gasteiger charge is -2.14. The molecule has 0 saturated heterocycles. The fourth-order valence-corrected chi connectivity index (χ4v) is 1.41. The van der Waals surface area contributed by atoms with Crippen molar-refractivity contribution in [3.63, 3.8) is 0 Å². The van der Waals surface area contributed by atoms with Crippen LogP contribution in [0.15, 0.2) is 12.1 Å². The van der Waals surface area contributed by atoms with Crippen molar-refractivity contribution in [3.8, 4) is 0 Å². The van der Waals surface area contributed by atoms with Crippen molar-refractivity contribution in [2.24, 2.45) is 5.73 Å². The first-order valence-electron chi connectivity index (χ1n) is 5.35. The van der Waals surface area contributed by atoms with Crippen LogP contribution in [0.2, 0.25) is 0 Å². The molecule has 0 saturated carbocycles. The van der Waals surface area contributed by atoms with Gasteiger partial charge in [0.2, 0.25) is 0 Å². The van der Waals surface area contributed by atoms with E-state index in [9.17, 15) is 8.78 Å². The third-order valence-electron chi connectivity index (χ3n) is 2.32. The molecule has 0 amide bonds. The van der Waals surface area contributed by atoms with Crippen molar-refractivity contribution in [1.82, 2.24) is 0 Å². The van der Waals surface area contributed by atoms with E-state index in [1.165, 1.54) is 6.07 Å². The Morgan fingerprint density at radius 2 is 2.00 bits per heavy atom. The van der Waals surface area contributed by atoms with Gasteiger partial charge in [0.15, 0.2) is 0 Å². The molecule has 16 heavy (non-hydrogen) atoms. The number of benzene rings is 1. The number of nitrogens with two attached hydrogens (primary N) is 1. The Balaban J connectivity index is 2.75. The summed E-state index contributed by atoms with van der Waals surface area (Å²) in [4.78, 5) is 0. The zero-order chi connectivity index (χ0) is 12.1. The van der Waals surface area contributed by atoms with Crippen LogP contribution in [0.25, 0.3) is 0 Å². The molecular weight excluding hydrogens is 212 g/mol. The SMILES string of the molecule is CCCOCC(N)c1cc(C)c(F)cc1F. The van der Waals surface area contributed by atoms with Crippen LogP contribution in [0.5, 0.6) is 0 Å². The summed E-state index contributed by atoms with van der Waals surface area (Å²) in [6, 6.07) is 1.75. The van der Waals surface area contributed by atoms with Crippen LogP contribution in [0.1, 0.15) is 30.5 Å². The lowest BCUT2D eigenvalue weighted by Crippen LogP contribution is -2.19. The fourth-order valence-electron chi connectivity index (χ4n) is 1.41. The van der Waals surface area contributed by atoms with Gasteiger partial charge in [-0.3, -0.25) is 0 Å². The number of hydrogen-bond acceptors (Lipinski definition) is 2. The largest absolute Gasteiger partial charge is 0.379 e. The van der Waals surface area contributed by atoms with Gasteiger partial charge in [0, 0.05) is 18.2 Å². The van der Waals surface area contributed by atoms with E-state index in [2.05, 4.69) is 0 Å². The Morgan fingerprint density at radius 1 is 1.31 bits per heavy atom. The number of halogens is 2. The van der Waals surface area contributed by atoms with Gasteiger partial charge < -0.3 is 10.5 Å². The zero-order valence-corrected chi connectivity index (χ0v) is 9.59. The van der Waals surface area contributed by atoms with Crippen LogP contribution in [-0.4, -0.2) is 13.2 Å². The van der Waals surface area contributed by atoms with E-state index in [1.54, 1.807) is 6.92 Å². The predicted octanol–water partition coefficient (Wildman–Crippen LogP) is 2.70. The molecular formula is C12H17F2NO. The summed E-state index contributed by atoms with van der Waals surface area (Å²) in [5.41, 5.74) is 6.46. The smallest absolute Gasteiger partial charge is 0.130 e. The van der Waals surface area contributed by atoms with Crippen LogP contribution in [0.3, 0.4) is 0 Å². The molecule has 0 heterocycles. The highest BCUT2D eigenvalue weighted by atomic mass is 19.1. The first-order chi connectivity index (χ1) is 7.56. The summed E-state index contributed by atoms with van der Waals surface area (Å²) in [6.07, 6.45) is 0.887. The minimum Gasteiger partial charge on any atom is -0.379 e. The van der Waals surface area contributed by atoms with Crippen LogP contribution in [0.4, 0.5) is 8.78 Å². The lowest BCUT2D eigenvalue weighted by atomic mass is 10.0. The fraction of sp³-hybridized carbons (Fsp3) is 0.500. The van der Waals surface area contributed by atoms with Gasteiger partial charge in [0.25, 0.3) is 0 Å². The van der Waals surface area contributed by atoms with E-state index < -0.39 is 17.7 Å². The molecule has 1 aromatic rings. The van der Waals surface area contributed by atoms with Crippen molar-refractivity contribution in [2.45, 2.75) is 26.3 Å². The first-order valence-corrected chi connectivity index (χ1v) is 5.35. The number of hydrogen-bond donors (Lipinski definition) is 1. The Kier molecular flexibility index (Phi) is 4.83. The molecule has 4 heteroatoms. The second kappa shape index (κ2) is 5.92. The quantitative estimate of drug-likeness (QED) is 0.788. The van der Waals surface area contributed by atoms with Gasteiger partial charge in [-0.15, -0.1) is 0 Å². The van der Waals surface area contributed by atoms with Gasteiger partial charge in [-0.1, -0.05) is 6.92 Å². The highest BCUT2D eigenvalue weighted by Gasteiger charge is 2.14. The Labute approximate surface area is 94.4 Å². The van der Waals surface area contributed by atoms with Gasteiger partial charge >= 0.3 is 0 Å². The molecule has 2 N–H and O–H groups in total. The maximum atomic E-state index is 13.4. The number of aryl methyl sites for hydroxylation is 1. The normalized spacial score (nSPS) is 12.8. The average molecular weight is 229 g/mol. The van der Waals surface area contributed by atoms with Gasteiger partial charge in [0.05, 0.1) is 12.6 Å². The van der Waals surface area contributed by atoms with Crippen LogP contribution >= 0.6 is 0 Å². The molecule has 0 aliphatic carbocycles. The lowest BCUT2D eigenvalue weighted by molar-refractivity contribution is 0.120. The highest BCUT2D eigenvalue weighted by molar-refractivity contribution is 5.28. The topological polar surface area (TPSA) is 35.2 Å².